The molecule has 0 aromatic rings. The third-order valence-electron chi connectivity index (χ3n) is 4.25. The number of carbonyl (C=O) groups is 1. The minimum atomic E-state index is -0.599. The molecule has 1 rings (SSSR count). The van der Waals surface area contributed by atoms with Gasteiger partial charge in [0.2, 0.25) is 0 Å². The van der Waals surface area contributed by atoms with Crippen molar-refractivity contribution in [1.82, 2.24) is 0 Å². The summed E-state index contributed by atoms with van der Waals surface area (Å²) in [5, 5.41) is 9.01. The number of hydrogen-bond acceptors (Lipinski definition) is 1. The molecule has 1 aliphatic rings. The summed E-state index contributed by atoms with van der Waals surface area (Å²) in [7, 11) is 0. The van der Waals surface area contributed by atoms with Gasteiger partial charge in [-0.25, -0.2) is 0 Å². The molecule has 0 aromatic heterocycles. The zero-order valence-electron chi connectivity index (χ0n) is 11.3. The Morgan fingerprint density at radius 2 is 1.65 bits per heavy atom. The molecule has 2 heteroatoms. The van der Waals surface area contributed by atoms with Gasteiger partial charge in [-0.3, -0.25) is 4.79 Å². The number of hydrogen-bond donors (Lipinski definition) is 1. The summed E-state index contributed by atoms with van der Waals surface area (Å²) in [6.45, 7) is 2.24. The van der Waals surface area contributed by atoms with Gasteiger partial charge in [-0.1, -0.05) is 58.3 Å². The van der Waals surface area contributed by atoms with Crippen LogP contribution in [0.2, 0.25) is 0 Å². The monoisotopic (exact) mass is 240 g/mol. The smallest absolute Gasteiger partial charge is 0.303 e. The lowest BCUT2D eigenvalue weighted by molar-refractivity contribution is -0.139. The fraction of sp³-hybridized carbons (Fsp3) is 0.933. The van der Waals surface area contributed by atoms with Crippen molar-refractivity contribution in [2.75, 3.05) is 0 Å². The number of carboxylic acids is 1. The van der Waals surface area contributed by atoms with Crippen LogP contribution in [0.5, 0.6) is 0 Å². The Kier molecular flexibility index (Phi) is 6.61. The molecule has 1 fully saturated rings. The van der Waals surface area contributed by atoms with Crippen molar-refractivity contribution in [2.45, 2.75) is 84.0 Å². The fourth-order valence-electron chi connectivity index (χ4n) is 3.24. The molecule has 0 bridgehead atoms. The predicted octanol–water partition coefficient (Wildman–Crippen LogP) is 4.77. The molecule has 1 saturated carbocycles. The summed E-state index contributed by atoms with van der Waals surface area (Å²) in [5.41, 5.74) is 0.163. The first-order chi connectivity index (χ1) is 8.18. The highest BCUT2D eigenvalue weighted by atomic mass is 16.4. The van der Waals surface area contributed by atoms with Gasteiger partial charge in [0.15, 0.2) is 0 Å². The Bertz CT molecular complexity index is 217. The van der Waals surface area contributed by atoms with Gasteiger partial charge in [-0.15, -0.1) is 0 Å². The lowest BCUT2D eigenvalue weighted by Crippen LogP contribution is -2.20. The number of rotatable bonds is 9. The Labute approximate surface area is 106 Å². The maximum absolute atomic E-state index is 10.9. The molecule has 0 spiro atoms. The average Bonchev–Trinajstić information content (AvgIpc) is 2.71. The van der Waals surface area contributed by atoms with E-state index in [1.54, 1.807) is 0 Å². The van der Waals surface area contributed by atoms with E-state index in [0.717, 1.165) is 19.3 Å². The first-order valence-corrected chi connectivity index (χ1v) is 7.40. The third kappa shape index (κ3) is 5.56. The summed E-state index contributed by atoms with van der Waals surface area (Å²) >= 11 is 0. The van der Waals surface area contributed by atoms with Gasteiger partial charge in [0.25, 0.3) is 0 Å². The maximum Gasteiger partial charge on any atom is 0.303 e. The molecule has 0 aliphatic heterocycles. The quantitative estimate of drug-likeness (QED) is 0.589. The highest BCUT2D eigenvalue weighted by Crippen LogP contribution is 2.45. The summed E-state index contributed by atoms with van der Waals surface area (Å²) in [6.07, 6.45) is 14.2. The van der Waals surface area contributed by atoms with Crippen molar-refractivity contribution in [2.24, 2.45) is 5.41 Å². The fourth-order valence-corrected chi connectivity index (χ4v) is 3.24. The standard InChI is InChI=1S/C15H28O2/c1-2-3-4-5-6-7-10-15(13-14(16)17)11-8-9-12-15/h2-13H2,1H3,(H,16,17). The van der Waals surface area contributed by atoms with Crippen molar-refractivity contribution in [3.63, 3.8) is 0 Å². The molecule has 0 aromatic carbocycles. The molecular weight excluding hydrogens is 212 g/mol. The highest BCUT2D eigenvalue weighted by Gasteiger charge is 2.35. The van der Waals surface area contributed by atoms with Crippen LogP contribution in [0.25, 0.3) is 0 Å². The van der Waals surface area contributed by atoms with Gasteiger partial charge in [-0.05, 0) is 24.7 Å². The molecule has 0 unspecified atom stereocenters. The molecule has 0 saturated heterocycles. The van der Waals surface area contributed by atoms with E-state index in [1.807, 2.05) is 0 Å². The Morgan fingerprint density at radius 1 is 1.06 bits per heavy atom. The van der Waals surface area contributed by atoms with Crippen molar-refractivity contribution in [3.05, 3.63) is 0 Å². The van der Waals surface area contributed by atoms with E-state index in [0.29, 0.717) is 6.42 Å². The van der Waals surface area contributed by atoms with E-state index in [4.69, 9.17) is 5.11 Å². The van der Waals surface area contributed by atoms with Gasteiger partial charge in [-0.2, -0.15) is 0 Å². The van der Waals surface area contributed by atoms with Gasteiger partial charge in [0.1, 0.15) is 0 Å². The first kappa shape index (κ1) is 14.5. The van der Waals surface area contributed by atoms with Crippen molar-refractivity contribution < 1.29 is 9.90 Å². The van der Waals surface area contributed by atoms with Gasteiger partial charge in [0.05, 0.1) is 6.42 Å². The van der Waals surface area contributed by atoms with Gasteiger partial charge < -0.3 is 5.11 Å². The van der Waals surface area contributed by atoms with Crippen LogP contribution in [-0.4, -0.2) is 11.1 Å². The molecule has 0 heterocycles. The first-order valence-electron chi connectivity index (χ1n) is 7.40. The van der Waals surface area contributed by atoms with E-state index in [-0.39, 0.29) is 5.41 Å². The zero-order chi connectivity index (χ0) is 12.6. The lowest BCUT2D eigenvalue weighted by atomic mass is 9.78. The van der Waals surface area contributed by atoms with E-state index < -0.39 is 5.97 Å². The number of aliphatic carboxylic acids is 1. The minimum absolute atomic E-state index is 0.163. The van der Waals surface area contributed by atoms with Crippen LogP contribution in [-0.2, 0) is 4.79 Å². The molecule has 0 amide bonds. The SMILES string of the molecule is CCCCCCCCC1(CC(=O)O)CCCC1. The molecule has 100 valence electrons. The van der Waals surface area contributed by atoms with E-state index in [1.165, 1.54) is 51.4 Å². The van der Waals surface area contributed by atoms with Gasteiger partial charge in [0, 0.05) is 0 Å². The maximum atomic E-state index is 10.9. The third-order valence-corrected chi connectivity index (χ3v) is 4.25. The second-order valence-corrected chi connectivity index (χ2v) is 5.80. The molecular formula is C15H28O2. The van der Waals surface area contributed by atoms with E-state index in [9.17, 15) is 4.79 Å². The summed E-state index contributed by atoms with van der Waals surface area (Å²) in [5.74, 6) is -0.599. The van der Waals surface area contributed by atoms with Crippen LogP contribution in [0.15, 0.2) is 0 Å². The molecule has 2 nitrogen and oxygen atoms in total. The van der Waals surface area contributed by atoms with E-state index >= 15 is 0 Å². The second kappa shape index (κ2) is 7.73. The minimum Gasteiger partial charge on any atom is -0.481 e. The van der Waals surface area contributed by atoms with Crippen molar-refractivity contribution in [1.29, 1.82) is 0 Å². The Balaban J connectivity index is 2.18. The Hall–Kier alpha value is -0.530. The normalized spacial score (nSPS) is 18.4. The van der Waals surface area contributed by atoms with Crippen LogP contribution in [0.3, 0.4) is 0 Å². The Morgan fingerprint density at radius 3 is 2.24 bits per heavy atom. The predicted molar refractivity (Wildman–Crippen MR) is 71.1 cm³/mol. The number of carboxylic acid groups (broad SMARTS) is 1. The van der Waals surface area contributed by atoms with Crippen LogP contribution in [0.4, 0.5) is 0 Å². The second-order valence-electron chi connectivity index (χ2n) is 5.80. The van der Waals surface area contributed by atoms with Gasteiger partial charge >= 0.3 is 5.97 Å². The topological polar surface area (TPSA) is 37.3 Å². The summed E-state index contributed by atoms with van der Waals surface area (Å²) < 4.78 is 0. The largest absolute Gasteiger partial charge is 0.481 e. The van der Waals surface area contributed by atoms with Crippen molar-refractivity contribution >= 4 is 5.97 Å². The van der Waals surface area contributed by atoms with E-state index in [2.05, 4.69) is 6.92 Å². The molecule has 0 radical (unpaired) electrons. The average molecular weight is 240 g/mol. The highest BCUT2D eigenvalue weighted by molar-refractivity contribution is 5.67. The van der Waals surface area contributed by atoms with Crippen LogP contribution >= 0.6 is 0 Å². The van der Waals surface area contributed by atoms with Crippen molar-refractivity contribution in [3.8, 4) is 0 Å². The zero-order valence-corrected chi connectivity index (χ0v) is 11.3. The molecule has 0 atom stereocenters. The van der Waals surface area contributed by atoms with Crippen LogP contribution < -0.4 is 0 Å². The van der Waals surface area contributed by atoms with Crippen LogP contribution in [0, 0.1) is 5.41 Å². The summed E-state index contributed by atoms with van der Waals surface area (Å²) in [4.78, 5) is 10.9. The number of unbranched alkanes of at least 4 members (excludes halogenated alkanes) is 5. The lowest BCUT2D eigenvalue weighted by Gasteiger charge is -2.27. The molecule has 1 N–H and O–H groups in total. The molecule has 17 heavy (non-hydrogen) atoms. The molecule has 1 aliphatic carbocycles. The summed E-state index contributed by atoms with van der Waals surface area (Å²) in [6, 6.07) is 0. The van der Waals surface area contributed by atoms with Crippen LogP contribution in [0.1, 0.15) is 84.0 Å².